The molecule has 2 unspecified atom stereocenters. The summed E-state index contributed by atoms with van der Waals surface area (Å²) >= 11 is 0. The molecule has 102 heavy (non-hydrogen) atoms. The third kappa shape index (κ3) is 15.6. The normalized spacial score (nSPS) is 15.3. The Bertz CT molecular complexity index is 5030. The highest BCUT2D eigenvalue weighted by Gasteiger charge is 2.35. The molecule has 6 aromatic carbocycles. The van der Waals surface area contributed by atoms with Gasteiger partial charge < -0.3 is 41.2 Å². The van der Waals surface area contributed by atoms with Crippen molar-refractivity contribution in [1.29, 1.82) is 0 Å². The fourth-order valence-electron chi connectivity index (χ4n) is 12.4. The third-order valence-electron chi connectivity index (χ3n) is 17.3. The number of rotatable bonds is 16. The molecule has 25 nitrogen and oxygen atoms in total. The van der Waals surface area contributed by atoms with E-state index in [1.807, 2.05) is 190 Å². The van der Waals surface area contributed by atoms with Gasteiger partial charge in [-0.05, 0) is 154 Å². The van der Waals surface area contributed by atoms with Gasteiger partial charge in [-0.1, -0.05) is 96.1 Å². The van der Waals surface area contributed by atoms with E-state index in [2.05, 4.69) is 43.1 Å². The molecule has 3 aliphatic rings. The van der Waals surface area contributed by atoms with E-state index in [0.29, 0.717) is 108 Å². The zero-order chi connectivity index (χ0) is 68.6. The summed E-state index contributed by atoms with van der Waals surface area (Å²) in [6.07, 6.45) is 12.0. The van der Waals surface area contributed by atoms with Gasteiger partial charge in [-0.25, -0.2) is 52.4 Å². The van der Waals surface area contributed by atoms with E-state index >= 15 is 0 Å². The number of para-hydroxylation sites is 3. The van der Waals surface area contributed by atoms with Crippen LogP contribution in [0.5, 0.6) is 34.5 Å². The minimum atomic E-state index is -3.49. The predicted octanol–water partition coefficient (Wildman–Crippen LogP) is 13.9. The molecule has 3 saturated heterocycles. The molecule has 0 saturated carbocycles. The second-order valence-electron chi connectivity index (χ2n) is 23.6. The molecule has 524 valence electrons. The van der Waals surface area contributed by atoms with Crippen molar-refractivity contribution in [3.63, 3.8) is 0 Å². The number of benzene rings is 6. The molecule has 0 aliphatic carbocycles. The number of anilines is 3. The van der Waals surface area contributed by atoms with Gasteiger partial charge in [-0.15, -0.1) is 0 Å². The van der Waals surface area contributed by atoms with Gasteiger partial charge >= 0.3 is 0 Å². The molecule has 6 N–H and O–H groups in total. The van der Waals surface area contributed by atoms with Crippen molar-refractivity contribution >= 4 is 72.4 Å². The first-order valence-electron chi connectivity index (χ1n) is 32.2. The van der Waals surface area contributed by atoms with E-state index in [1.165, 1.54) is 29.4 Å². The molecular weight excluding hydrogens is 1310 g/mol. The van der Waals surface area contributed by atoms with Crippen molar-refractivity contribution in [2.45, 2.75) is 73.0 Å². The number of piperidine rings is 1. The van der Waals surface area contributed by atoms with Crippen LogP contribution in [0, 0.1) is 0 Å². The third-order valence-corrected chi connectivity index (χ3v) is 18.8. The number of fused-ring (bicyclic) bond motifs is 3. The summed E-state index contributed by atoms with van der Waals surface area (Å²) < 4.78 is 49.1. The van der Waals surface area contributed by atoms with Crippen molar-refractivity contribution in [2.75, 3.05) is 56.5 Å². The molecule has 2 atom stereocenters. The number of ether oxygens (including phenoxy) is 3. The smallest absolute Gasteiger partial charge is 0.246 e. The number of nitrogens with zero attached hydrogens (tertiary/aromatic N) is 15. The van der Waals surface area contributed by atoms with Gasteiger partial charge in [0.1, 0.15) is 88.0 Å². The van der Waals surface area contributed by atoms with Crippen LogP contribution in [0.3, 0.4) is 0 Å². The van der Waals surface area contributed by atoms with Gasteiger partial charge in [-0.2, -0.15) is 19.6 Å². The zero-order valence-corrected chi connectivity index (χ0v) is 54.9. The molecule has 9 heterocycles. The summed E-state index contributed by atoms with van der Waals surface area (Å²) in [5.74, 6) is 5.52. The molecule has 2 amide bonds. The number of carbonyl (C=O) groups is 2. The van der Waals surface area contributed by atoms with Crippen LogP contribution < -0.4 is 31.4 Å². The highest BCUT2D eigenvalue weighted by molar-refractivity contribution is 7.92. The second kappa shape index (κ2) is 32.2. The molecule has 15 rings (SSSR count). The molecule has 26 heteroatoms. The molecule has 0 bridgehead atoms. The number of carbonyl (C=O) groups excluding carboxylic acids is 2. The number of nitrogen functional groups attached to an aromatic ring is 3. The summed E-state index contributed by atoms with van der Waals surface area (Å²) in [6, 6.07) is 51.7. The maximum atomic E-state index is 12.3. The Kier molecular flexibility index (Phi) is 22.9. The minimum Gasteiger partial charge on any atom is -0.457 e. The second-order valence-corrected chi connectivity index (χ2v) is 25.4. The fourth-order valence-corrected chi connectivity index (χ4v) is 13.3. The molecule has 3 fully saturated rings. The first-order chi connectivity index (χ1) is 48.2. The number of hydrogen-bond acceptors (Lipinski definition) is 19. The van der Waals surface area contributed by atoms with Gasteiger partial charge in [0.15, 0.2) is 16.9 Å². The summed E-state index contributed by atoms with van der Waals surface area (Å²) in [5.41, 5.74) is 25.4. The predicted molar refractivity (Wildman–Crippen MR) is 400 cm³/mol. The number of likely N-dealkylation sites (tertiary alicyclic amines) is 2. The lowest BCUT2D eigenvalue weighted by atomic mass is 10.1. The molecular formula is C76H82N18O7S. The van der Waals surface area contributed by atoms with Crippen LogP contribution in [0.4, 0.5) is 17.5 Å². The quantitative estimate of drug-likeness (QED) is 0.0757. The summed E-state index contributed by atoms with van der Waals surface area (Å²) in [7, 11) is -3.49. The fraction of sp³-hybridized carbons (Fsp3) is 0.224. The van der Waals surface area contributed by atoms with Crippen LogP contribution in [0.1, 0.15) is 73.0 Å². The van der Waals surface area contributed by atoms with E-state index in [-0.39, 0.29) is 52.2 Å². The minimum absolute atomic E-state index is 0. The van der Waals surface area contributed by atoms with Crippen LogP contribution >= 0.6 is 0 Å². The molecule has 12 aromatic rings. The highest BCUT2D eigenvalue weighted by atomic mass is 32.2. The standard InChI is InChI=1S/2C25H24N6O2.C23H22N6O3S.3CH4/c1-2-21(32)30-14-12-18(13-15-30)31-25-22(24(26)27-16-28-25)23(29-31)17-8-10-20(11-9-17)33-19-6-4-3-5-7-19;1-2-6-21(32)30-14-13-18(15-30)31-25-22(24(26)27-16-28-25)23(29-31)17-9-11-20(12-10-17)33-19-7-4-3-5-8-19;1-2-33(30,31)28-13-12-17(14-28)29-23-20(22(24)25-15-26-23)21(27-29)16-8-10-19(11-9-16)32-18-6-4-3-5-7-18;;;/h2-11,16,18H,1,12-15H2,(H2,26,27,28);2-12,16,18H,13-15H2,1H3,(H2,26,27,28);2-11,15,17H,1,12-14H2,(H2,24,25,26);3*1H4/b;6-2+;;;;. The first kappa shape index (κ1) is 72.6. The van der Waals surface area contributed by atoms with Crippen molar-refractivity contribution in [1.82, 2.24) is 73.4 Å². The maximum Gasteiger partial charge on any atom is 0.246 e. The number of sulfonamides is 1. The number of hydrogen-bond donors (Lipinski definition) is 3. The summed E-state index contributed by atoms with van der Waals surface area (Å²) in [5, 5.41) is 17.7. The monoisotopic (exact) mass is 1390 g/mol. The van der Waals surface area contributed by atoms with Crippen LogP contribution in [0.25, 0.3) is 66.9 Å². The van der Waals surface area contributed by atoms with Gasteiger partial charge in [0.05, 0.1) is 34.3 Å². The van der Waals surface area contributed by atoms with Gasteiger partial charge in [0.25, 0.3) is 0 Å². The Labute approximate surface area is 592 Å². The van der Waals surface area contributed by atoms with Crippen molar-refractivity contribution in [3.8, 4) is 68.3 Å². The van der Waals surface area contributed by atoms with Crippen molar-refractivity contribution in [2.24, 2.45) is 0 Å². The number of allylic oxidation sites excluding steroid dienone is 1. The highest BCUT2D eigenvalue weighted by Crippen LogP contribution is 2.39. The number of nitrogens with two attached hydrogens (primary N) is 3. The van der Waals surface area contributed by atoms with Crippen LogP contribution in [0.2, 0.25) is 0 Å². The van der Waals surface area contributed by atoms with Gasteiger partial charge in [0.2, 0.25) is 21.8 Å². The Morgan fingerprint density at radius 2 is 0.775 bits per heavy atom. The average Bonchev–Trinajstić information content (AvgIpc) is 1.62. The lowest BCUT2D eigenvalue weighted by Gasteiger charge is -2.31. The summed E-state index contributed by atoms with van der Waals surface area (Å²) in [6.45, 7) is 12.1. The van der Waals surface area contributed by atoms with Crippen molar-refractivity contribution in [3.05, 3.63) is 220 Å². The Balaban J connectivity index is 0.000000162. The Morgan fingerprint density at radius 3 is 1.14 bits per heavy atom. The summed E-state index contributed by atoms with van der Waals surface area (Å²) in [4.78, 5) is 53.8. The first-order valence-corrected chi connectivity index (χ1v) is 33.7. The van der Waals surface area contributed by atoms with Crippen LogP contribution in [0.15, 0.2) is 220 Å². The average molecular weight is 1390 g/mol. The van der Waals surface area contributed by atoms with E-state index in [9.17, 15) is 18.0 Å². The Morgan fingerprint density at radius 1 is 0.441 bits per heavy atom. The van der Waals surface area contributed by atoms with E-state index in [4.69, 9.17) is 46.7 Å². The van der Waals surface area contributed by atoms with Crippen LogP contribution in [-0.4, -0.2) is 133 Å². The van der Waals surface area contributed by atoms with Crippen molar-refractivity contribution < 1.29 is 32.2 Å². The van der Waals surface area contributed by atoms with E-state index < -0.39 is 10.0 Å². The lowest BCUT2D eigenvalue weighted by Crippen LogP contribution is -2.38. The lowest BCUT2D eigenvalue weighted by molar-refractivity contribution is -0.127. The number of amides is 2. The Hall–Kier alpha value is -12.2. The topological polar surface area (TPSA) is 315 Å². The zero-order valence-electron chi connectivity index (χ0n) is 54.1. The maximum absolute atomic E-state index is 12.3. The number of aromatic nitrogens is 12. The molecule has 0 radical (unpaired) electrons. The molecule has 6 aromatic heterocycles. The SMILES string of the molecule is C.C.C.C/C=C/C(=O)N1CCC(n2nc(-c3ccc(Oc4ccccc4)cc3)c3c(N)ncnc32)C1.C=CC(=O)N1CCC(n2nc(-c3ccc(Oc4ccccc4)cc3)c3c(N)ncnc32)CC1.C=CS(=O)(=O)N1CCC(n2nc(-c3ccc(Oc4ccccc4)cc3)c3c(N)ncnc32)C1. The van der Waals surface area contributed by atoms with Crippen LogP contribution in [-0.2, 0) is 19.6 Å². The largest absolute Gasteiger partial charge is 0.457 e. The van der Waals surface area contributed by atoms with E-state index in [0.717, 1.165) is 81.2 Å². The molecule has 0 spiro atoms. The van der Waals surface area contributed by atoms with Gasteiger partial charge in [0, 0.05) is 61.4 Å². The van der Waals surface area contributed by atoms with Gasteiger partial charge in [-0.3, -0.25) is 9.59 Å². The molecule has 3 aliphatic heterocycles. The van der Waals surface area contributed by atoms with E-state index in [1.54, 1.807) is 16.8 Å².